The SMILES string of the molecule is COC1(C(=O)O)C=CC(C=Cc2ccccc2)=CC1. The standard InChI is InChI=1S/C16H16O3/c1-19-16(15(17)18)11-9-14(10-12-16)8-7-13-5-3-2-4-6-13/h2-11H,12H2,1H3,(H,17,18). The van der Waals surface area contributed by atoms with E-state index in [2.05, 4.69) is 0 Å². The van der Waals surface area contributed by atoms with Crippen molar-refractivity contribution in [1.29, 1.82) is 0 Å². The van der Waals surface area contributed by atoms with Crippen LogP contribution < -0.4 is 0 Å². The number of allylic oxidation sites excluding steroid dienone is 3. The van der Waals surface area contributed by atoms with E-state index in [1.165, 1.54) is 7.11 Å². The van der Waals surface area contributed by atoms with Crippen molar-refractivity contribution in [1.82, 2.24) is 0 Å². The molecular weight excluding hydrogens is 240 g/mol. The molecule has 0 saturated heterocycles. The number of methoxy groups -OCH3 is 1. The molecule has 0 heterocycles. The lowest BCUT2D eigenvalue weighted by Crippen LogP contribution is -2.39. The van der Waals surface area contributed by atoms with Gasteiger partial charge in [-0.1, -0.05) is 54.6 Å². The maximum atomic E-state index is 11.2. The number of carbonyl (C=O) groups is 1. The highest BCUT2D eigenvalue weighted by molar-refractivity contribution is 5.81. The van der Waals surface area contributed by atoms with Gasteiger partial charge in [-0.2, -0.15) is 0 Å². The van der Waals surface area contributed by atoms with E-state index < -0.39 is 11.6 Å². The van der Waals surface area contributed by atoms with Gasteiger partial charge in [0.1, 0.15) is 0 Å². The van der Waals surface area contributed by atoms with Crippen LogP contribution in [0.1, 0.15) is 12.0 Å². The number of carboxylic acid groups (broad SMARTS) is 1. The average molecular weight is 256 g/mol. The molecule has 2 rings (SSSR count). The fourth-order valence-electron chi connectivity index (χ4n) is 1.91. The molecule has 19 heavy (non-hydrogen) atoms. The minimum atomic E-state index is -1.22. The van der Waals surface area contributed by atoms with Crippen LogP contribution in [-0.2, 0) is 9.53 Å². The smallest absolute Gasteiger partial charge is 0.340 e. The average Bonchev–Trinajstić information content (AvgIpc) is 2.46. The first-order valence-corrected chi connectivity index (χ1v) is 6.07. The van der Waals surface area contributed by atoms with Crippen molar-refractivity contribution < 1.29 is 14.6 Å². The van der Waals surface area contributed by atoms with Crippen LogP contribution in [0.5, 0.6) is 0 Å². The van der Waals surface area contributed by atoms with E-state index in [1.807, 2.05) is 48.6 Å². The Morgan fingerprint density at radius 3 is 2.58 bits per heavy atom. The van der Waals surface area contributed by atoms with Crippen molar-refractivity contribution in [2.24, 2.45) is 0 Å². The first kappa shape index (κ1) is 13.3. The maximum Gasteiger partial charge on any atom is 0.340 e. The van der Waals surface area contributed by atoms with Crippen LogP contribution >= 0.6 is 0 Å². The third-order valence-electron chi connectivity index (χ3n) is 3.18. The Morgan fingerprint density at radius 1 is 1.32 bits per heavy atom. The summed E-state index contributed by atoms with van der Waals surface area (Å²) in [4.78, 5) is 11.2. The lowest BCUT2D eigenvalue weighted by Gasteiger charge is -2.25. The van der Waals surface area contributed by atoms with Crippen molar-refractivity contribution in [3.05, 3.63) is 65.8 Å². The first-order chi connectivity index (χ1) is 9.16. The Hall–Kier alpha value is -2.13. The van der Waals surface area contributed by atoms with E-state index in [0.717, 1.165) is 11.1 Å². The second kappa shape index (κ2) is 5.67. The second-order valence-corrected chi connectivity index (χ2v) is 4.38. The number of hydrogen-bond donors (Lipinski definition) is 1. The van der Waals surface area contributed by atoms with Gasteiger partial charge in [0.05, 0.1) is 0 Å². The van der Waals surface area contributed by atoms with Gasteiger partial charge in [0.25, 0.3) is 0 Å². The maximum absolute atomic E-state index is 11.2. The highest BCUT2D eigenvalue weighted by atomic mass is 16.5. The van der Waals surface area contributed by atoms with Gasteiger partial charge in [-0.05, 0) is 17.2 Å². The number of benzene rings is 1. The molecule has 3 heteroatoms. The zero-order chi connectivity index (χ0) is 13.7. The largest absolute Gasteiger partial charge is 0.479 e. The van der Waals surface area contributed by atoms with Crippen LogP contribution in [0.2, 0.25) is 0 Å². The van der Waals surface area contributed by atoms with Crippen molar-refractivity contribution in [2.45, 2.75) is 12.0 Å². The molecule has 0 saturated carbocycles. The zero-order valence-corrected chi connectivity index (χ0v) is 10.7. The predicted molar refractivity (Wildman–Crippen MR) is 74.7 cm³/mol. The van der Waals surface area contributed by atoms with Gasteiger partial charge in [0.15, 0.2) is 5.60 Å². The van der Waals surface area contributed by atoms with E-state index in [9.17, 15) is 4.79 Å². The molecule has 98 valence electrons. The molecule has 1 aliphatic carbocycles. The molecule has 0 amide bonds. The molecule has 1 atom stereocenters. The number of rotatable bonds is 4. The van der Waals surface area contributed by atoms with Crippen LogP contribution in [0.25, 0.3) is 6.08 Å². The summed E-state index contributed by atoms with van der Waals surface area (Å²) < 4.78 is 5.10. The third kappa shape index (κ3) is 3.01. The third-order valence-corrected chi connectivity index (χ3v) is 3.18. The summed E-state index contributed by atoms with van der Waals surface area (Å²) in [6, 6.07) is 9.95. The van der Waals surface area contributed by atoms with E-state index in [0.29, 0.717) is 6.42 Å². The Morgan fingerprint density at radius 2 is 2.05 bits per heavy atom. The van der Waals surface area contributed by atoms with Gasteiger partial charge in [-0.3, -0.25) is 0 Å². The Bertz CT molecular complexity index is 540. The van der Waals surface area contributed by atoms with Gasteiger partial charge in [-0.15, -0.1) is 0 Å². The lowest BCUT2D eigenvalue weighted by molar-refractivity contribution is -0.156. The summed E-state index contributed by atoms with van der Waals surface area (Å²) in [5.74, 6) is -0.964. The quantitative estimate of drug-likeness (QED) is 0.900. The van der Waals surface area contributed by atoms with Crippen LogP contribution in [0.4, 0.5) is 0 Å². The van der Waals surface area contributed by atoms with E-state index in [-0.39, 0.29) is 0 Å². The van der Waals surface area contributed by atoms with Crippen molar-refractivity contribution in [2.75, 3.05) is 7.11 Å². The highest BCUT2D eigenvalue weighted by Gasteiger charge is 2.36. The van der Waals surface area contributed by atoms with Gasteiger partial charge in [0, 0.05) is 13.5 Å². The first-order valence-electron chi connectivity index (χ1n) is 6.07. The number of hydrogen-bond acceptors (Lipinski definition) is 2. The summed E-state index contributed by atoms with van der Waals surface area (Å²) in [5, 5.41) is 9.16. The Balaban J connectivity index is 2.09. The Kier molecular flexibility index (Phi) is 3.97. The van der Waals surface area contributed by atoms with Gasteiger partial charge in [-0.25, -0.2) is 4.79 Å². The molecule has 0 aliphatic heterocycles. The number of carboxylic acids is 1. The van der Waals surface area contributed by atoms with E-state index in [4.69, 9.17) is 9.84 Å². The minimum Gasteiger partial charge on any atom is -0.479 e. The fraction of sp³-hybridized carbons (Fsp3) is 0.188. The van der Waals surface area contributed by atoms with E-state index >= 15 is 0 Å². The normalized spacial score (nSPS) is 22.5. The van der Waals surface area contributed by atoms with Crippen LogP contribution in [0.3, 0.4) is 0 Å². The van der Waals surface area contributed by atoms with Crippen molar-refractivity contribution in [3.8, 4) is 0 Å². The summed E-state index contributed by atoms with van der Waals surface area (Å²) in [6.07, 6.45) is 9.55. The summed E-state index contributed by atoms with van der Waals surface area (Å²) in [7, 11) is 1.41. The number of ether oxygens (including phenoxy) is 1. The molecule has 1 aromatic rings. The van der Waals surface area contributed by atoms with Crippen LogP contribution in [0, 0.1) is 0 Å². The molecule has 1 N–H and O–H groups in total. The Labute approximate surface area is 112 Å². The number of aliphatic carboxylic acids is 1. The lowest BCUT2D eigenvalue weighted by atomic mass is 9.91. The van der Waals surface area contributed by atoms with Gasteiger partial charge >= 0.3 is 5.97 Å². The topological polar surface area (TPSA) is 46.5 Å². The molecule has 0 fully saturated rings. The molecule has 0 aromatic heterocycles. The van der Waals surface area contributed by atoms with Crippen molar-refractivity contribution >= 4 is 12.0 Å². The summed E-state index contributed by atoms with van der Waals surface area (Å²) in [5.41, 5.74) is 0.876. The van der Waals surface area contributed by atoms with Crippen LogP contribution in [-0.4, -0.2) is 23.8 Å². The highest BCUT2D eigenvalue weighted by Crippen LogP contribution is 2.25. The monoisotopic (exact) mass is 256 g/mol. The zero-order valence-electron chi connectivity index (χ0n) is 10.7. The summed E-state index contributed by atoms with van der Waals surface area (Å²) in [6.45, 7) is 0. The molecule has 0 radical (unpaired) electrons. The second-order valence-electron chi connectivity index (χ2n) is 4.38. The summed E-state index contributed by atoms with van der Waals surface area (Å²) >= 11 is 0. The molecular formula is C16H16O3. The van der Waals surface area contributed by atoms with E-state index in [1.54, 1.807) is 12.2 Å². The minimum absolute atomic E-state index is 0.337. The van der Waals surface area contributed by atoms with Crippen molar-refractivity contribution in [3.63, 3.8) is 0 Å². The fourth-order valence-corrected chi connectivity index (χ4v) is 1.91. The van der Waals surface area contributed by atoms with Gasteiger partial charge < -0.3 is 9.84 Å². The predicted octanol–water partition coefficient (Wildman–Crippen LogP) is 3.06. The molecule has 1 aromatic carbocycles. The molecule has 1 aliphatic rings. The molecule has 0 spiro atoms. The molecule has 3 nitrogen and oxygen atoms in total. The molecule has 1 unspecified atom stereocenters. The molecule has 0 bridgehead atoms. The van der Waals surface area contributed by atoms with Crippen LogP contribution in [0.15, 0.2) is 60.2 Å². The van der Waals surface area contributed by atoms with Gasteiger partial charge in [0.2, 0.25) is 0 Å².